The number of halogens is 2. The van der Waals surface area contributed by atoms with E-state index in [1.807, 2.05) is 43.3 Å². The van der Waals surface area contributed by atoms with Crippen molar-refractivity contribution in [3.05, 3.63) is 75.5 Å². The highest BCUT2D eigenvalue weighted by Crippen LogP contribution is 2.47. The molecule has 2 aromatic heterocycles. The smallest absolute Gasteiger partial charge is 0.311 e. The topological polar surface area (TPSA) is 99.1 Å². The number of aryl methyl sites for hydroxylation is 1. The van der Waals surface area contributed by atoms with E-state index in [4.69, 9.17) is 57.1 Å². The first kappa shape index (κ1) is 33.7. The fourth-order valence-electron chi connectivity index (χ4n) is 7.10. The average Bonchev–Trinajstić information content (AvgIpc) is 3.49. The Kier molecular flexibility index (Phi) is 9.77. The number of benzene rings is 2. The third-order valence-corrected chi connectivity index (χ3v) is 10.6. The summed E-state index contributed by atoms with van der Waals surface area (Å²) >= 11 is 14.3. The van der Waals surface area contributed by atoms with E-state index in [1.165, 1.54) is 5.56 Å². The van der Waals surface area contributed by atoms with Crippen LogP contribution in [0.2, 0.25) is 10.0 Å². The van der Waals surface area contributed by atoms with Crippen LogP contribution in [0.4, 0.5) is 0 Å². The molecule has 0 unspecified atom stereocenters. The molecule has 4 aromatic rings. The second-order valence-corrected chi connectivity index (χ2v) is 13.4. The van der Waals surface area contributed by atoms with Crippen molar-refractivity contribution >= 4 is 29.2 Å². The summed E-state index contributed by atoms with van der Waals surface area (Å²) in [6.45, 7) is 5.92. The zero-order valence-electron chi connectivity index (χ0n) is 28.0. The first-order chi connectivity index (χ1) is 23.8. The number of pyridine rings is 1. The Labute approximate surface area is 296 Å². The van der Waals surface area contributed by atoms with Gasteiger partial charge < -0.3 is 18.9 Å². The van der Waals surface area contributed by atoms with Crippen molar-refractivity contribution in [2.75, 3.05) is 54.1 Å². The van der Waals surface area contributed by atoms with Crippen molar-refractivity contribution < 1.29 is 23.7 Å². The lowest BCUT2D eigenvalue weighted by atomic mass is 9.95. The van der Waals surface area contributed by atoms with Crippen LogP contribution < -0.4 is 9.47 Å². The van der Waals surface area contributed by atoms with Gasteiger partial charge in [0.15, 0.2) is 0 Å². The van der Waals surface area contributed by atoms with Crippen LogP contribution in [0.25, 0.3) is 33.6 Å². The van der Waals surface area contributed by atoms with Crippen molar-refractivity contribution in [2.24, 2.45) is 5.92 Å². The van der Waals surface area contributed by atoms with E-state index in [9.17, 15) is 4.79 Å². The molecule has 7 rings (SSSR count). The molecule has 2 aliphatic heterocycles. The predicted molar refractivity (Wildman–Crippen MR) is 188 cm³/mol. The first-order valence-electron chi connectivity index (χ1n) is 16.5. The normalized spacial score (nSPS) is 18.1. The SMILES string of the molecule is CCOC(=O)C1CN([C@@H]2CCc3cc(-c4cccc(-c5cccc(-c6cnc(CN7CC(OC)C7)c(OC)n6)c5Cl)c4Cl)nc(OC)c32)C1. The minimum atomic E-state index is -0.123. The van der Waals surface area contributed by atoms with Crippen LogP contribution in [-0.4, -0.2) is 90.9 Å². The van der Waals surface area contributed by atoms with E-state index in [0.29, 0.717) is 53.7 Å². The van der Waals surface area contributed by atoms with Gasteiger partial charge in [-0.3, -0.25) is 19.6 Å². The number of hydrogen-bond acceptors (Lipinski definition) is 10. The van der Waals surface area contributed by atoms with Crippen molar-refractivity contribution in [3.63, 3.8) is 0 Å². The molecule has 0 spiro atoms. The molecule has 0 radical (unpaired) electrons. The van der Waals surface area contributed by atoms with Gasteiger partial charge in [-0.05, 0) is 31.4 Å². The Balaban J connectivity index is 1.16. The Hall–Kier alpha value is -3.80. The maximum atomic E-state index is 12.2. The number of carbonyl (C=O) groups is 1. The molecule has 2 fully saturated rings. The minimum absolute atomic E-state index is 0.0811. The molecule has 0 bridgehead atoms. The van der Waals surface area contributed by atoms with Crippen molar-refractivity contribution in [1.29, 1.82) is 0 Å². The number of nitrogens with zero attached hydrogens (tertiary/aromatic N) is 5. The molecular weight excluding hydrogens is 665 g/mol. The van der Waals surface area contributed by atoms with Crippen LogP contribution in [0.5, 0.6) is 11.8 Å². The van der Waals surface area contributed by atoms with Crippen LogP contribution in [0.3, 0.4) is 0 Å². The molecule has 49 heavy (non-hydrogen) atoms. The molecule has 12 heteroatoms. The highest BCUT2D eigenvalue weighted by molar-refractivity contribution is 6.39. The van der Waals surface area contributed by atoms with Gasteiger partial charge in [0, 0.05) is 73.7 Å². The Morgan fingerprint density at radius 3 is 2.14 bits per heavy atom. The van der Waals surface area contributed by atoms with Crippen LogP contribution in [-0.2, 0) is 27.2 Å². The minimum Gasteiger partial charge on any atom is -0.481 e. The molecule has 0 saturated carbocycles. The van der Waals surface area contributed by atoms with E-state index in [1.54, 1.807) is 27.5 Å². The lowest BCUT2D eigenvalue weighted by molar-refractivity contribution is -0.155. The summed E-state index contributed by atoms with van der Waals surface area (Å²) in [5.74, 6) is 0.843. The van der Waals surface area contributed by atoms with Gasteiger partial charge in [0.25, 0.3) is 0 Å². The lowest BCUT2D eigenvalue weighted by Gasteiger charge is -2.42. The van der Waals surface area contributed by atoms with Crippen LogP contribution in [0, 0.1) is 5.92 Å². The Bertz CT molecular complexity index is 1880. The van der Waals surface area contributed by atoms with Crippen molar-refractivity contribution in [1.82, 2.24) is 24.8 Å². The molecule has 1 atom stereocenters. The van der Waals surface area contributed by atoms with Crippen molar-refractivity contribution in [2.45, 2.75) is 38.5 Å². The van der Waals surface area contributed by atoms with E-state index in [0.717, 1.165) is 65.1 Å². The molecule has 256 valence electrons. The van der Waals surface area contributed by atoms with Crippen molar-refractivity contribution in [3.8, 4) is 45.4 Å². The van der Waals surface area contributed by atoms with Gasteiger partial charge in [-0.25, -0.2) is 9.97 Å². The molecule has 10 nitrogen and oxygen atoms in total. The molecule has 2 saturated heterocycles. The Morgan fingerprint density at radius 2 is 1.51 bits per heavy atom. The zero-order valence-corrected chi connectivity index (χ0v) is 29.6. The van der Waals surface area contributed by atoms with Gasteiger partial charge in [-0.15, -0.1) is 0 Å². The molecule has 1 aliphatic carbocycles. The summed E-state index contributed by atoms with van der Waals surface area (Å²) in [5, 5.41) is 1.04. The van der Waals surface area contributed by atoms with Crippen LogP contribution >= 0.6 is 23.2 Å². The molecule has 4 heterocycles. The van der Waals surface area contributed by atoms with E-state index < -0.39 is 0 Å². The van der Waals surface area contributed by atoms with E-state index in [2.05, 4.69) is 15.9 Å². The third-order valence-electron chi connectivity index (χ3n) is 9.77. The zero-order chi connectivity index (χ0) is 34.2. The molecule has 2 aromatic carbocycles. The maximum absolute atomic E-state index is 12.2. The number of esters is 1. The summed E-state index contributed by atoms with van der Waals surface area (Å²) in [7, 11) is 4.98. The fraction of sp³-hybridized carbons (Fsp3) is 0.405. The summed E-state index contributed by atoms with van der Waals surface area (Å²) in [6.07, 6.45) is 3.80. The average molecular weight is 705 g/mol. The second kappa shape index (κ2) is 14.2. The summed E-state index contributed by atoms with van der Waals surface area (Å²) in [5.41, 5.74) is 7.41. The molecule has 0 N–H and O–H groups in total. The van der Waals surface area contributed by atoms with Gasteiger partial charge in [0.05, 0.1) is 60.5 Å². The van der Waals surface area contributed by atoms with Gasteiger partial charge in [-0.1, -0.05) is 59.6 Å². The number of rotatable bonds is 11. The van der Waals surface area contributed by atoms with Crippen LogP contribution in [0.15, 0.2) is 48.7 Å². The number of methoxy groups -OCH3 is 3. The summed E-state index contributed by atoms with van der Waals surface area (Å²) in [6, 6.07) is 13.9. The van der Waals surface area contributed by atoms with Gasteiger partial charge in [-0.2, -0.15) is 0 Å². The number of fused-ring (bicyclic) bond motifs is 1. The van der Waals surface area contributed by atoms with E-state index in [-0.39, 0.29) is 24.0 Å². The standard InChI is InChI=1S/C37H39Cl2N5O5/c1-5-49-37(45)22-16-44(17-22)31-13-12-21-14-28(41-36(48-4)32(21)31)26-10-6-8-24(33(26)38)25-9-7-11-27(34(25)39)29-15-40-30(35(42-29)47-3)20-43-18-23(19-43)46-2/h6-11,14-15,22-23,31H,5,12-13,16-20H2,1-4H3/t31-/m1/s1. The van der Waals surface area contributed by atoms with Crippen LogP contribution in [0.1, 0.15) is 36.2 Å². The highest BCUT2D eigenvalue weighted by atomic mass is 35.5. The number of ether oxygens (including phenoxy) is 4. The first-order valence-corrected chi connectivity index (χ1v) is 17.3. The lowest BCUT2D eigenvalue weighted by Crippen LogP contribution is -2.51. The summed E-state index contributed by atoms with van der Waals surface area (Å²) in [4.78, 5) is 31.2. The Morgan fingerprint density at radius 1 is 0.878 bits per heavy atom. The molecular formula is C37H39Cl2N5O5. The predicted octanol–water partition coefficient (Wildman–Crippen LogP) is 6.51. The van der Waals surface area contributed by atoms with Gasteiger partial charge in [0.2, 0.25) is 11.8 Å². The second-order valence-electron chi connectivity index (χ2n) is 12.6. The number of likely N-dealkylation sites (tertiary alicyclic amines) is 2. The third kappa shape index (κ3) is 6.37. The number of aromatic nitrogens is 3. The monoisotopic (exact) mass is 703 g/mol. The maximum Gasteiger partial charge on any atom is 0.311 e. The van der Waals surface area contributed by atoms with Gasteiger partial charge >= 0.3 is 5.97 Å². The van der Waals surface area contributed by atoms with E-state index >= 15 is 0 Å². The summed E-state index contributed by atoms with van der Waals surface area (Å²) < 4.78 is 22.1. The quantitative estimate of drug-likeness (QED) is 0.161. The number of carbonyl (C=O) groups excluding carboxylic acids is 1. The molecule has 0 amide bonds. The molecule has 3 aliphatic rings. The fourth-order valence-corrected chi connectivity index (χ4v) is 7.75. The largest absolute Gasteiger partial charge is 0.481 e. The van der Waals surface area contributed by atoms with Gasteiger partial charge in [0.1, 0.15) is 5.69 Å². The number of hydrogen-bond donors (Lipinski definition) is 0. The highest BCUT2D eigenvalue weighted by Gasteiger charge is 2.42.